The van der Waals surface area contributed by atoms with Crippen molar-refractivity contribution in [3.63, 3.8) is 0 Å². The van der Waals surface area contributed by atoms with E-state index in [1.54, 1.807) is 0 Å². The zero-order valence-corrected chi connectivity index (χ0v) is 19.2. The molecular weight excluding hydrogens is 420 g/mol. The van der Waals surface area contributed by atoms with Crippen LogP contribution >= 0.6 is 0 Å². The highest BCUT2D eigenvalue weighted by molar-refractivity contribution is 5.71. The average molecular weight is 449 g/mol. The van der Waals surface area contributed by atoms with Crippen LogP contribution in [-0.4, -0.2) is 40.9 Å². The molecule has 5 heteroatoms. The Balaban J connectivity index is 1.36. The second-order valence-electron chi connectivity index (χ2n) is 8.63. The van der Waals surface area contributed by atoms with Crippen molar-refractivity contribution < 1.29 is 4.74 Å². The highest BCUT2D eigenvalue weighted by atomic mass is 16.5. The Morgan fingerprint density at radius 2 is 1.53 bits per heavy atom. The lowest BCUT2D eigenvalue weighted by Gasteiger charge is -2.26. The van der Waals surface area contributed by atoms with Gasteiger partial charge < -0.3 is 4.74 Å². The number of piperidine rings is 1. The summed E-state index contributed by atoms with van der Waals surface area (Å²) in [6, 6.07) is 30.2. The van der Waals surface area contributed by atoms with Crippen LogP contribution in [0.1, 0.15) is 24.8 Å². The number of rotatable bonds is 7. The van der Waals surface area contributed by atoms with Crippen LogP contribution < -0.4 is 4.74 Å². The number of ether oxygens (including phenoxy) is 1. The second-order valence-corrected chi connectivity index (χ2v) is 8.63. The molecule has 0 spiro atoms. The van der Waals surface area contributed by atoms with Crippen LogP contribution in [0.25, 0.3) is 28.2 Å². The van der Waals surface area contributed by atoms with E-state index in [-0.39, 0.29) is 0 Å². The van der Waals surface area contributed by atoms with Crippen molar-refractivity contribution in [1.29, 1.82) is 5.26 Å². The summed E-state index contributed by atoms with van der Waals surface area (Å²) < 4.78 is 7.95. The molecule has 2 heterocycles. The van der Waals surface area contributed by atoms with Crippen LogP contribution in [0, 0.1) is 11.3 Å². The Morgan fingerprint density at radius 1 is 0.824 bits per heavy atom. The molecule has 1 aromatic heterocycles. The van der Waals surface area contributed by atoms with Gasteiger partial charge in [0.05, 0.1) is 28.7 Å². The first kappa shape index (κ1) is 21.9. The average Bonchev–Trinajstić information content (AvgIpc) is 3.36. The first-order valence-electron chi connectivity index (χ1n) is 11.9. The highest BCUT2D eigenvalue weighted by Gasteiger charge is 2.14. The summed E-state index contributed by atoms with van der Waals surface area (Å²) in [5.74, 6) is 0.885. The highest BCUT2D eigenvalue weighted by Crippen LogP contribution is 2.30. The molecule has 1 saturated heterocycles. The molecule has 170 valence electrons. The molecule has 0 amide bonds. The number of benzene rings is 3. The molecule has 3 aromatic carbocycles. The molecule has 0 N–H and O–H groups in total. The van der Waals surface area contributed by atoms with Crippen LogP contribution in [0.2, 0.25) is 0 Å². The van der Waals surface area contributed by atoms with Gasteiger partial charge in [-0.05, 0) is 80.5 Å². The second kappa shape index (κ2) is 10.4. The van der Waals surface area contributed by atoms with E-state index in [0.29, 0.717) is 12.2 Å². The van der Waals surface area contributed by atoms with Crippen molar-refractivity contribution in [3.05, 3.63) is 90.5 Å². The zero-order valence-electron chi connectivity index (χ0n) is 19.2. The summed E-state index contributed by atoms with van der Waals surface area (Å²) in [7, 11) is 0. The maximum Gasteiger partial charge on any atom is 0.119 e. The van der Waals surface area contributed by atoms with E-state index in [4.69, 9.17) is 15.1 Å². The van der Waals surface area contributed by atoms with Crippen molar-refractivity contribution in [2.45, 2.75) is 19.3 Å². The molecule has 0 radical (unpaired) electrons. The molecule has 34 heavy (non-hydrogen) atoms. The molecule has 1 aliphatic rings. The van der Waals surface area contributed by atoms with Crippen LogP contribution in [0.3, 0.4) is 0 Å². The maximum atomic E-state index is 9.15. The number of aromatic nitrogens is 2. The van der Waals surface area contributed by atoms with Gasteiger partial charge in [-0.1, -0.05) is 36.8 Å². The molecule has 1 aliphatic heterocycles. The van der Waals surface area contributed by atoms with Gasteiger partial charge in [-0.25, -0.2) is 4.68 Å². The fourth-order valence-electron chi connectivity index (χ4n) is 4.41. The van der Waals surface area contributed by atoms with Crippen LogP contribution in [0.4, 0.5) is 0 Å². The summed E-state index contributed by atoms with van der Waals surface area (Å²) in [4.78, 5) is 2.48. The zero-order chi connectivity index (χ0) is 23.2. The number of hydrogen-bond acceptors (Lipinski definition) is 4. The number of likely N-dealkylation sites (tertiary alicyclic amines) is 1. The monoisotopic (exact) mass is 448 g/mol. The number of nitriles is 1. The van der Waals surface area contributed by atoms with Crippen molar-refractivity contribution in [1.82, 2.24) is 14.7 Å². The van der Waals surface area contributed by atoms with Gasteiger partial charge in [0.25, 0.3) is 0 Å². The van der Waals surface area contributed by atoms with Crippen LogP contribution in [0.15, 0.2) is 84.9 Å². The van der Waals surface area contributed by atoms with E-state index in [1.807, 2.05) is 71.4 Å². The van der Waals surface area contributed by atoms with Gasteiger partial charge in [0.1, 0.15) is 12.4 Å². The van der Waals surface area contributed by atoms with E-state index in [0.717, 1.165) is 40.5 Å². The molecule has 1 fully saturated rings. The molecule has 0 saturated carbocycles. The van der Waals surface area contributed by atoms with Gasteiger partial charge in [0.2, 0.25) is 0 Å². The molecule has 4 aromatic rings. The normalized spacial score (nSPS) is 14.0. The predicted octanol–water partition coefficient (Wildman–Crippen LogP) is 5.94. The number of hydrogen-bond donors (Lipinski definition) is 0. The van der Waals surface area contributed by atoms with Crippen molar-refractivity contribution >= 4 is 0 Å². The summed E-state index contributed by atoms with van der Waals surface area (Å²) >= 11 is 0. The Hall–Kier alpha value is -3.88. The third-order valence-electron chi connectivity index (χ3n) is 6.29. The van der Waals surface area contributed by atoms with Crippen molar-refractivity contribution in [3.8, 4) is 40.0 Å². The quantitative estimate of drug-likeness (QED) is 0.351. The Morgan fingerprint density at radius 3 is 2.24 bits per heavy atom. The lowest BCUT2D eigenvalue weighted by atomic mass is 10.1. The molecule has 0 bridgehead atoms. The van der Waals surface area contributed by atoms with E-state index >= 15 is 0 Å². The van der Waals surface area contributed by atoms with E-state index < -0.39 is 0 Å². The number of para-hydroxylation sites is 1. The van der Waals surface area contributed by atoms with Gasteiger partial charge >= 0.3 is 0 Å². The molecule has 0 aliphatic carbocycles. The van der Waals surface area contributed by atoms with Crippen LogP contribution in [-0.2, 0) is 0 Å². The molecule has 0 unspecified atom stereocenters. The molecular formula is C29H28N4O. The Bertz CT molecular complexity index is 1250. The fraction of sp³-hybridized carbons (Fsp3) is 0.241. The van der Waals surface area contributed by atoms with Gasteiger partial charge in [0.15, 0.2) is 0 Å². The SMILES string of the molecule is N#Cc1ccc(-c2cc(-c3ccc(OCCN4CCCCC4)cc3)nn2-c2ccccc2)cc1. The minimum absolute atomic E-state index is 0.644. The van der Waals surface area contributed by atoms with Gasteiger partial charge in [0, 0.05) is 17.7 Å². The Labute approximate surface area is 200 Å². The third-order valence-corrected chi connectivity index (χ3v) is 6.29. The maximum absolute atomic E-state index is 9.15. The molecule has 5 rings (SSSR count). The molecule has 0 atom stereocenters. The number of nitrogens with zero attached hydrogens (tertiary/aromatic N) is 4. The summed E-state index contributed by atoms with van der Waals surface area (Å²) in [5, 5.41) is 14.1. The minimum atomic E-state index is 0.644. The largest absolute Gasteiger partial charge is 0.492 e. The summed E-state index contributed by atoms with van der Waals surface area (Å²) in [6.07, 6.45) is 3.95. The van der Waals surface area contributed by atoms with E-state index in [2.05, 4.69) is 29.2 Å². The Kier molecular flexibility index (Phi) is 6.69. The lowest BCUT2D eigenvalue weighted by molar-refractivity contribution is 0.183. The van der Waals surface area contributed by atoms with Gasteiger partial charge in [-0.15, -0.1) is 0 Å². The van der Waals surface area contributed by atoms with Crippen LogP contribution in [0.5, 0.6) is 5.75 Å². The van der Waals surface area contributed by atoms with Crippen molar-refractivity contribution in [2.75, 3.05) is 26.2 Å². The minimum Gasteiger partial charge on any atom is -0.492 e. The van der Waals surface area contributed by atoms with Gasteiger partial charge in [-0.2, -0.15) is 10.4 Å². The van der Waals surface area contributed by atoms with Gasteiger partial charge in [-0.3, -0.25) is 4.90 Å². The first-order valence-corrected chi connectivity index (χ1v) is 11.9. The fourth-order valence-corrected chi connectivity index (χ4v) is 4.41. The smallest absolute Gasteiger partial charge is 0.119 e. The third kappa shape index (κ3) is 5.03. The van der Waals surface area contributed by atoms with E-state index in [9.17, 15) is 0 Å². The first-order chi connectivity index (χ1) is 16.8. The summed E-state index contributed by atoms with van der Waals surface area (Å²) in [5.41, 5.74) is 5.55. The van der Waals surface area contributed by atoms with Crippen molar-refractivity contribution in [2.24, 2.45) is 0 Å². The summed E-state index contributed by atoms with van der Waals surface area (Å²) in [6.45, 7) is 4.07. The predicted molar refractivity (Wildman–Crippen MR) is 135 cm³/mol. The topological polar surface area (TPSA) is 54.1 Å². The standard InChI is InChI=1S/C29H28N4O/c30-22-23-9-11-25(12-10-23)29-21-28(31-33(29)26-7-3-1-4-8-26)24-13-15-27(16-14-24)34-20-19-32-17-5-2-6-18-32/h1,3-4,7-16,21H,2,5-6,17-20H2. The molecule has 5 nitrogen and oxygen atoms in total. The lowest BCUT2D eigenvalue weighted by Crippen LogP contribution is -2.33. The van der Waals surface area contributed by atoms with E-state index in [1.165, 1.54) is 32.4 Å².